The number of carbonyl (C=O) groups is 1. The van der Waals surface area contributed by atoms with Gasteiger partial charge < -0.3 is 10.0 Å². The first-order valence-electron chi connectivity index (χ1n) is 6.46. The normalized spacial score (nSPS) is 19.9. The molecule has 1 amide bonds. The van der Waals surface area contributed by atoms with Crippen LogP contribution in [0.5, 0.6) is 0 Å². The molecule has 4 nitrogen and oxygen atoms in total. The Balaban J connectivity index is 2.58. The first kappa shape index (κ1) is 15.3. The molecule has 1 N–H and O–H groups in total. The summed E-state index contributed by atoms with van der Waals surface area (Å²) in [6, 6.07) is 2.35. The van der Waals surface area contributed by atoms with Crippen LogP contribution in [0.2, 0.25) is 0 Å². The highest BCUT2D eigenvalue weighted by atomic mass is 32.2. The minimum Gasteiger partial charge on any atom is -0.395 e. The van der Waals surface area contributed by atoms with Gasteiger partial charge >= 0.3 is 0 Å². The Bertz CT molecular complexity index is 321. The molecule has 1 fully saturated rings. The number of aliphatic hydroxyl groups is 1. The zero-order valence-corrected chi connectivity index (χ0v) is 12.0. The monoisotopic (exact) mass is 270 g/mol. The van der Waals surface area contributed by atoms with Crippen molar-refractivity contribution in [3.8, 4) is 6.07 Å². The van der Waals surface area contributed by atoms with E-state index in [2.05, 4.69) is 6.07 Å². The second-order valence-electron chi connectivity index (χ2n) is 4.96. The minimum atomic E-state index is -0.599. The second-order valence-corrected chi connectivity index (χ2v) is 6.39. The molecular formula is C13H22N2O2S. The molecule has 1 atom stereocenters. The highest BCUT2D eigenvalue weighted by molar-refractivity contribution is 8.00. The number of amides is 1. The third kappa shape index (κ3) is 3.63. The Hall–Kier alpha value is -0.730. The Morgan fingerprint density at radius 3 is 2.61 bits per heavy atom. The molecule has 0 aromatic heterocycles. The number of thioether (sulfide) groups is 1. The molecule has 0 bridgehead atoms. The third-order valence-electron chi connectivity index (χ3n) is 3.65. The van der Waals surface area contributed by atoms with Crippen molar-refractivity contribution >= 4 is 17.7 Å². The van der Waals surface area contributed by atoms with Crippen molar-refractivity contribution in [2.45, 2.75) is 49.8 Å². The summed E-state index contributed by atoms with van der Waals surface area (Å²) in [5.41, 5.74) is -0.599. The van der Waals surface area contributed by atoms with E-state index in [0.29, 0.717) is 5.75 Å². The van der Waals surface area contributed by atoms with E-state index in [9.17, 15) is 10.1 Å². The van der Waals surface area contributed by atoms with Crippen LogP contribution in [0.25, 0.3) is 0 Å². The molecule has 0 heterocycles. The van der Waals surface area contributed by atoms with Gasteiger partial charge in [-0.2, -0.15) is 5.26 Å². The standard InChI is InChI=1S/C13H22N2O2S/c1-11(8-16)18-9-12(17)15(2)13(10-14)6-4-3-5-7-13/h11,16H,3-9H2,1-2H3. The fraction of sp³-hybridized carbons (Fsp3) is 0.846. The first-order chi connectivity index (χ1) is 8.55. The maximum absolute atomic E-state index is 12.1. The molecule has 18 heavy (non-hydrogen) atoms. The van der Waals surface area contributed by atoms with Crippen molar-refractivity contribution < 1.29 is 9.90 Å². The van der Waals surface area contributed by atoms with E-state index in [0.717, 1.165) is 32.1 Å². The lowest BCUT2D eigenvalue weighted by atomic mass is 9.81. The van der Waals surface area contributed by atoms with Crippen LogP contribution in [0, 0.1) is 11.3 Å². The quantitative estimate of drug-likeness (QED) is 0.827. The van der Waals surface area contributed by atoms with Gasteiger partial charge in [-0.3, -0.25) is 4.79 Å². The zero-order valence-electron chi connectivity index (χ0n) is 11.2. The molecule has 0 radical (unpaired) electrons. The highest BCUT2D eigenvalue weighted by Gasteiger charge is 2.38. The smallest absolute Gasteiger partial charge is 0.233 e. The van der Waals surface area contributed by atoms with Crippen LogP contribution >= 0.6 is 11.8 Å². The third-order valence-corrected chi connectivity index (χ3v) is 4.79. The summed E-state index contributed by atoms with van der Waals surface area (Å²) >= 11 is 1.44. The molecule has 0 aromatic rings. The van der Waals surface area contributed by atoms with Gasteiger partial charge in [-0.05, 0) is 12.8 Å². The summed E-state index contributed by atoms with van der Waals surface area (Å²) < 4.78 is 0. The maximum Gasteiger partial charge on any atom is 0.233 e. The summed E-state index contributed by atoms with van der Waals surface area (Å²) in [7, 11) is 1.74. The summed E-state index contributed by atoms with van der Waals surface area (Å²) in [5, 5.41) is 18.4. The van der Waals surface area contributed by atoms with E-state index in [1.807, 2.05) is 6.92 Å². The van der Waals surface area contributed by atoms with Gasteiger partial charge in [-0.15, -0.1) is 11.8 Å². The van der Waals surface area contributed by atoms with Crippen molar-refractivity contribution in [3.05, 3.63) is 0 Å². The molecule has 1 aliphatic carbocycles. The number of hydrogen-bond donors (Lipinski definition) is 1. The lowest BCUT2D eigenvalue weighted by Crippen LogP contribution is -2.50. The number of nitriles is 1. The molecule has 0 saturated heterocycles. The average Bonchev–Trinajstić information content (AvgIpc) is 2.44. The fourth-order valence-electron chi connectivity index (χ4n) is 2.26. The summed E-state index contributed by atoms with van der Waals surface area (Å²) in [6.45, 7) is 1.96. The topological polar surface area (TPSA) is 64.3 Å². The molecule has 0 aliphatic heterocycles. The largest absolute Gasteiger partial charge is 0.395 e. The molecule has 1 unspecified atom stereocenters. The van der Waals surface area contributed by atoms with E-state index < -0.39 is 5.54 Å². The molecule has 102 valence electrons. The molecule has 0 spiro atoms. The van der Waals surface area contributed by atoms with Crippen molar-refractivity contribution in [2.75, 3.05) is 19.4 Å². The van der Waals surface area contributed by atoms with Gasteiger partial charge in [0.1, 0.15) is 5.54 Å². The van der Waals surface area contributed by atoms with Crippen molar-refractivity contribution in [1.29, 1.82) is 5.26 Å². The maximum atomic E-state index is 12.1. The van der Waals surface area contributed by atoms with Crippen LogP contribution < -0.4 is 0 Å². The van der Waals surface area contributed by atoms with Crippen molar-refractivity contribution in [3.63, 3.8) is 0 Å². The predicted octanol–water partition coefficient (Wildman–Crippen LogP) is 1.79. The average molecular weight is 270 g/mol. The van der Waals surface area contributed by atoms with Gasteiger partial charge in [0.15, 0.2) is 0 Å². The molecule has 0 aromatic carbocycles. The summed E-state index contributed by atoms with van der Waals surface area (Å²) in [5.74, 6) is 0.325. The number of nitrogens with zero attached hydrogens (tertiary/aromatic N) is 2. The lowest BCUT2D eigenvalue weighted by Gasteiger charge is -2.39. The van der Waals surface area contributed by atoms with Gasteiger partial charge in [-0.25, -0.2) is 0 Å². The van der Waals surface area contributed by atoms with Crippen LogP contribution in [0.1, 0.15) is 39.0 Å². The van der Waals surface area contributed by atoms with E-state index >= 15 is 0 Å². The van der Waals surface area contributed by atoms with E-state index in [1.165, 1.54) is 11.8 Å². The molecular weight excluding hydrogens is 248 g/mol. The van der Waals surface area contributed by atoms with Gasteiger partial charge in [0.25, 0.3) is 0 Å². The Labute approximate surface area is 113 Å². The lowest BCUT2D eigenvalue weighted by molar-refractivity contribution is -0.131. The van der Waals surface area contributed by atoms with Crippen LogP contribution in [-0.4, -0.2) is 46.1 Å². The van der Waals surface area contributed by atoms with E-state index in [-0.39, 0.29) is 17.8 Å². The van der Waals surface area contributed by atoms with Crippen LogP contribution in [0.15, 0.2) is 0 Å². The SMILES string of the molecule is CC(CO)SCC(=O)N(C)C1(C#N)CCCCC1. The summed E-state index contributed by atoms with van der Waals surface area (Å²) in [6.07, 6.45) is 4.76. The van der Waals surface area contributed by atoms with Crippen LogP contribution in [-0.2, 0) is 4.79 Å². The Morgan fingerprint density at radius 1 is 1.50 bits per heavy atom. The van der Waals surface area contributed by atoms with E-state index in [4.69, 9.17) is 5.11 Å². The van der Waals surface area contributed by atoms with Gasteiger partial charge in [0.2, 0.25) is 5.91 Å². The van der Waals surface area contributed by atoms with Crippen LogP contribution in [0.4, 0.5) is 0 Å². The zero-order chi connectivity index (χ0) is 13.6. The molecule has 1 aliphatic rings. The number of carbonyl (C=O) groups excluding carboxylic acids is 1. The van der Waals surface area contributed by atoms with Crippen LogP contribution in [0.3, 0.4) is 0 Å². The minimum absolute atomic E-state index is 0.0104. The van der Waals surface area contributed by atoms with Crippen molar-refractivity contribution in [1.82, 2.24) is 4.90 Å². The Kier molecular flexibility index (Phi) is 5.97. The Morgan fingerprint density at radius 2 is 2.11 bits per heavy atom. The second kappa shape index (κ2) is 7.01. The summed E-state index contributed by atoms with van der Waals surface area (Å²) in [4.78, 5) is 13.7. The van der Waals surface area contributed by atoms with Gasteiger partial charge in [0, 0.05) is 12.3 Å². The van der Waals surface area contributed by atoms with Gasteiger partial charge in [0.05, 0.1) is 18.4 Å². The number of hydrogen-bond acceptors (Lipinski definition) is 4. The fourth-order valence-corrected chi connectivity index (χ4v) is 2.99. The van der Waals surface area contributed by atoms with E-state index in [1.54, 1.807) is 11.9 Å². The molecule has 1 rings (SSSR count). The molecule has 5 heteroatoms. The number of rotatable bonds is 5. The first-order valence-corrected chi connectivity index (χ1v) is 7.51. The predicted molar refractivity (Wildman–Crippen MR) is 73.2 cm³/mol. The number of aliphatic hydroxyl groups excluding tert-OH is 1. The van der Waals surface area contributed by atoms with Gasteiger partial charge in [-0.1, -0.05) is 26.2 Å². The highest BCUT2D eigenvalue weighted by Crippen LogP contribution is 2.32. The van der Waals surface area contributed by atoms with Crippen molar-refractivity contribution in [2.24, 2.45) is 0 Å². The molecule has 1 saturated carbocycles.